The average molecular weight is 367 g/mol. The van der Waals surface area contributed by atoms with Crippen molar-refractivity contribution in [2.24, 2.45) is 0 Å². The number of carbonyl (C=O) groups excluding carboxylic acids is 1. The van der Waals surface area contributed by atoms with Crippen molar-refractivity contribution < 1.29 is 9.90 Å². The zero-order chi connectivity index (χ0) is 19.2. The Morgan fingerprint density at radius 1 is 1.15 bits per heavy atom. The molecule has 3 rings (SSSR count). The highest BCUT2D eigenvalue weighted by molar-refractivity contribution is 5.78. The first kappa shape index (κ1) is 19.5. The van der Waals surface area contributed by atoms with Crippen molar-refractivity contribution in [3.05, 3.63) is 60.2 Å². The van der Waals surface area contributed by atoms with Crippen LogP contribution in [0, 0.1) is 0 Å². The Bertz CT molecular complexity index is 748. The van der Waals surface area contributed by atoms with Gasteiger partial charge in [-0.3, -0.25) is 9.69 Å². The number of nitrogens with one attached hydrogen (secondary N) is 1. The zero-order valence-corrected chi connectivity index (χ0v) is 16.1. The Labute approximate surface area is 161 Å². The molecule has 2 aromatic rings. The molecule has 2 atom stereocenters. The van der Waals surface area contributed by atoms with Gasteiger partial charge in [-0.15, -0.1) is 0 Å². The number of nitrogens with zero attached hydrogens (tertiary/aromatic N) is 2. The summed E-state index contributed by atoms with van der Waals surface area (Å²) in [5.41, 5.74) is 3.71. The summed E-state index contributed by atoms with van der Waals surface area (Å²) in [7, 11) is 3.73. The fourth-order valence-corrected chi connectivity index (χ4v) is 3.63. The summed E-state index contributed by atoms with van der Waals surface area (Å²) in [5, 5.41) is 13.3. The fourth-order valence-electron chi connectivity index (χ4n) is 3.63. The predicted octanol–water partition coefficient (Wildman–Crippen LogP) is 1.97. The average Bonchev–Trinajstić information content (AvgIpc) is 2.65. The first-order valence-electron chi connectivity index (χ1n) is 9.51. The number of aliphatic hydroxyl groups is 1. The van der Waals surface area contributed by atoms with E-state index in [9.17, 15) is 9.90 Å². The molecule has 144 valence electrons. The molecule has 0 spiro atoms. The number of piperidine rings is 1. The van der Waals surface area contributed by atoms with Crippen molar-refractivity contribution in [1.29, 1.82) is 0 Å². The molecule has 1 fully saturated rings. The van der Waals surface area contributed by atoms with Gasteiger partial charge in [0.15, 0.2) is 0 Å². The molecular formula is C22H29N3O2. The third kappa shape index (κ3) is 5.39. The van der Waals surface area contributed by atoms with E-state index in [-0.39, 0.29) is 11.9 Å². The van der Waals surface area contributed by atoms with Crippen molar-refractivity contribution in [3.8, 4) is 11.1 Å². The van der Waals surface area contributed by atoms with Gasteiger partial charge in [-0.05, 0) is 37.2 Å². The van der Waals surface area contributed by atoms with E-state index in [1.807, 2.05) is 25.1 Å². The number of likely N-dealkylation sites (N-methyl/N-ethyl adjacent to an activating group) is 1. The van der Waals surface area contributed by atoms with Gasteiger partial charge in [0.2, 0.25) is 5.91 Å². The molecule has 2 N–H and O–H groups in total. The lowest BCUT2D eigenvalue weighted by atomic mass is 9.97. The van der Waals surface area contributed by atoms with Crippen LogP contribution >= 0.6 is 0 Å². The maximum absolute atomic E-state index is 12.1. The van der Waals surface area contributed by atoms with E-state index < -0.39 is 6.10 Å². The second kappa shape index (κ2) is 9.13. The van der Waals surface area contributed by atoms with Crippen molar-refractivity contribution >= 4 is 5.91 Å². The monoisotopic (exact) mass is 367 g/mol. The number of benzene rings is 2. The van der Waals surface area contributed by atoms with Gasteiger partial charge in [0, 0.05) is 19.6 Å². The van der Waals surface area contributed by atoms with E-state index >= 15 is 0 Å². The lowest BCUT2D eigenvalue weighted by molar-refractivity contribution is -0.124. The van der Waals surface area contributed by atoms with Crippen LogP contribution in [-0.2, 0) is 11.3 Å². The van der Waals surface area contributed by atoms with Gasteiger partial charge in [-0.1, -0.05) is 54.6 Å². The second-order valence-corrected chi connectivity index (χ2v) is 7.53. The SMILES string of the molecule is CN(C)CC(=O)N[C@@H]1CN(Cc2ccccc2-c2ccccc2)CC[C@@H]1O. The minimum Gasteiger partial charge on any atom is -0.391 e. The molecule has 1 heterocycles. The molecule has 5 nitrogen and oxygen atoms in total. The number of rotatable bonds is 6. The van der Waals surface area contributed by atoms with E-state index in [0.29, 0.717) is 19.5 Å². The minimum atomic E-state index is -0.489. The van der Waals surface area contributed by atoms with Crippen molar-refractivity contribution in [2.45, 2.75) is 25.1 Å². The van der Waals surface area contributed by atoms with Gasteiger partial charge in [-0.2, -0.15) is 0 Å². The van der Waals surface area contributed by atoms with Crippen LogP contribution in [0.2, 0.25) is 0 Å². The third-order valence-corrected chi connectivity index (χ3v) is 4.96. The van der Waals surface area contributed by atoms with Gasteiger partial charge < -0.3 is 15.3 Å². The molecule has 0 aromatic heterocycles. The molecular weight excluding hydrogens is 338 g/mol. The molecule has 0 saturated carbocycles. The molecule has 0 aliphatic carbocycles. The van der Waals surface area contributed by atoms with Crippen LogP contribution in [0.4, 0.5) is 0 Å². The number of hydrogen-bond donors (Lipinski definition) is 2. The Hall–Kier alpha value is -2.21. The summed E-state index contributed by atoms with van der Waals surface area (Å²) in [5.74, 6) is -0.0458. The molecule has 1 amide bonds. The van der Waals surface area contributed by atoms with Gasteiger partial charge >= 0.3 is 0 Å². The fraction of sp³-hybridized carbons (Fsp3) is 0.409. The van der Waals surface area contributed by atoms with Crippen LogP contribution in [0.1, 0.15) is 12.0 Å². The molecule has 0 bridgehead atoms. The number of aliphatic hydroxyl groups excluding tert-OH is 1. The molecule has 1 aliphatic heterocycles. The van der Waals surface area contributed by atoms with E-state index in [4.69, 9.17) is 0 Å². The topological polar surface area (TPSA) is 55.8 Å². The van der Waals surface area contributed by atoms with E-state index in [0.717, 1.165) is 13.1 Å². The zero-order valence-electron chi connectivity index (χ0n) is 16.1. The van der Waals surface area contributed by atoms with Crippen LogP contribution in [0.5, 0.6) is 0 Å². The molecule has 0 radical (unpaired) electrons. The second-order valence-electron chi connectivity index (χ2n) is 7.53. The standard InChI is InChI=1S/C22H29N3O2/c1-24(2)16-22(27)23-20-15-25(13-12-21(20)26)14-18-10-6-7-11-19(18)17-8-4-3-5-9-17/h3-11,20-21,26H,12-16H2,1-2H3,(H,23,27)/t20-,21+/m1/s1. The van der Waals surface area contributed by atoms with Crippen molar-refractivity contribution in [2.75, 3.05) is 33.7 Å². The summed E-state index contributed by atoms with van der Waals surface area (Å²) in [6.07, 6.45) is 0.178. The van der Waals surface area contributed by atoms with E-state index in [2.05, 4.69) is 58.7 Å². The van der Waals surface area contributed by atoms with Crippen LogP contribution in [0.25, 0.3) is 11.1 Å². The van der Waals surface area contributed by atoms with Gasteiger partial charge in [0.25, 0.3) is 0 Å². The predicted molar refractivity (Wildman–Crippen MR) is 108 cm³/mol. The van der Waals surface area contributed by atoms with Gasteiger partial charge in [0.1, 0.15) is 0 Å². The van der Waals surface area contributed by atoms with E-state index in [1.165, 1.54) is 16.7 Å². The van der Waals surface area contributed by atoms with Crippen LogP contribution in [0.3, 0.4) is 0 Å². The quantitative estimate of drug-likeness (QED) is 0.820. The largest absolute Gasteiger partial charge is 0.391 e. The molecule has 1 aliphatic rings. The Morgan fingerprint density at radius 2 is 1.85 bits per heavy atom. The molecule has 27 heavy (non-hydrogen) atoms. The molecule has 1 saturated heterocycles. The van der Waals surface area contributed by atoms with Gasteiger partial charge in [0.05, 0.1) is 18.7 Å². The Morgan fingerprint density at radius 3 is 2.59 bits per heavy atom. The summed E-state index contributed by atoms with van der Waals surface area (Å²) < 4.78 is 0. The lowest BCUT2D eigenvalue weighted by Crippen LogP contribution is -2.56. The Kier molecular flexibility index (Phi) is 6.61. The lowest BCUT2D eigenvalue weighted by Gasteiger charge is -2.37. The summed E-state index contributed by atoms with van der Waals surface area (Å²) >= 11 is 0. The molecule has 2 aromatic carbocycles. The highest BCUT2D eigenvalue weighted by atomic mass is 16.3. The minimum absolute atomic E-state index is 0.0458. The van der Waals surface area contributed by atoms with E-state index in [1.54, 1.807) is 0 Å². The van der Waals surface area contributed by atoms with Crippen molar-refractivity contribution in [3.63, 3.8) is 0 Å². The smallest absolute Gasteiger partial charge is 0.234 e. The first-order chi connectivity index (χ1) is 13.0. The summed E-state index contributed by atoms with van der Waals surface area (Å²) in [6, 6.07) is 18.6. The maximum Gasteiger partial charge on any atom is 0.234 e. The number of amides is 1. The summed E-state index contributed by atoms with van der Waals surface area (Å²) in [6.45, 7) is 2.62. The number of carbonyl (C=O) groups is 1. The van der Waals surface area contributed by atoms with Crippen LogP contribution in [-0.4, -0.2) is 66.7 Å². The highest BCUT2D eigenvalue weighted by Crippen LogP contribution is 2.25. The Balaban J connectivity index is 1.69. The summed E-state index contributed by atoms with van der Waals surface area (Å²) in [4.78, 5) is 16.2. The first-order valence-corrected chi connectivity index (χ1v) is 9.51. The number of likely N-dealkylation sites (tertiary alicyclic amines) is 1. The third-order valence-electron chi connectivity index (χ3n) is 4.96. The van der Waals surface area contributed by atoms with Crippen molar-refractivity contribution in [1.82, 2.24) is 15.1 Å². The van der Waals surface area contributed by atoms with Gasteiger partial charge in [-0.25, -0.2) is 0 Å². The molecule has 0 unspecified atom stereocenters. The van der Waals surface area contributed by atoms with Crippen LogP contribution < -0.4 is 5.32 Å². The highest BCUT2D eigenvalue weighted by Gasteiger charge is 2.29. The normalized spacial score (nSPS) is 20.6. The molecule has 5 heteroatoms. The number of hydrogen-bond acceptors (Lipinski definition) is 4. The van der Waals surface area contributed by atoms with Crippen LogP contribution in [0.15, 0.2) is 54.6 Å². The maximum atomic E-state index is 12.1.